The lowest BCUT2D eigenvalue weighted by Crippen LogP contribution is -2.21. The van der Waals surface area contributed by atoms with Gasteiger partial charge in [0.05, 0.1) is 0 Å². The van der Waals surface area contributed by atoms with Crippen LogP contribution in [-0.2, 0) is 9.53 Å². The molecule has 0 rings (SSSR count). The topological polar surface area (TPSA) is 98.6 Å². The molecule has 5 heteroatoms. The van der Waals surface area contributed by atoms with Gasteiger partial charge in [-0.25, -0.2) is 4.79 Å². The van der Waals surface area contributed by atoms with Crippen molar-refractivity contribution in [3.05, 3.63) is 24.2 Å². The minimum Gasteiger partial charge on any atom is -0.479 e. The van der Waals surface area contributed by atoms with Gasteiger partial charge in [-0.3, -0.25) is 0 Å². The molecule has 0 saturated heterocycles. The Bertz CT molecular complexity index is 211. The molecule has 0 amide bonds. The highest BCUT2D eigenvalue weighted by molar-refractivity contribution is 5.71. The second-order valence-electron chi connectivity index (χ2n) is 2.05. The average molecular weight is 172 g/mol. The van der Waals surface area contributed by atoms with E-state index in [4.69, 9.17) is 21.3 Å². The fraction of sp³-hybridized carbons (Fsp3) is 0.286. The van der Waals surface area contributed by atoms with Gasteiger partial charge in [0.25, 0.3) is 0 Å². The van der Waals surface area contributed by atoms with E-state index in [-0.39, 0.29) is 5.88 Å². The molecule has 1 atom stereocenters. The molecule has 0 bridgehead atoms. The highest BCUT2D eigenvalue weighted by Crippen LogP contribution is 1.96. The third-order valence-electron chi connectivity index (χ3n) is 1.03. The summed E-state index contributed by atoms with van der Waals surface area (Å²) in [6.45, 7) is 1.38. The lowest BCUT2D eigenvalue weighted by atomic mass is 10.4. The zero-order valence-electron chi connectivity index (χ0n) is 6.73. The third-order valence-corrected chi connectivity index (χ3v) is 1.03. The summed E-state index contributed by atoms with van der Waals surface area (Å²) in [5.41, 5.74) is 10.3. The van der Waals surface area contributed by atoms with Gasteiger partial charge in [0.15, 0.2) is 12.0 Å². The molecule has 5 nitrogen and oxygen atoms in total. The molecule has 0 radical (unpaired) electrons. The maximum absolute atomic E-state index is 10.3. The summed E-state index contributed by atoms with van der Waals surface area (Å²) in [6, 6.07) is 0. The predicted molar refractivity (Wildman–Crippen MR) is 43.8 cm³/mol. The van der Waals surface area contributed by atoms with Crippen molar-refractivity contribution in [3.8, 4) is 0 Å². The van der Waals surface area contributed by atoms with Crippen molar-refractivity contribution in [2.75, 3.05) is 0 Å². The molecule has 0 aliphatic rings. The highest BCUT2D eigenvalue weighted by Gasteiger charge is 2.11. The van der Waals surface area contributed by atoms with E-state index in [1.807, 2.05) is 0 Å². The molecular formula is C7H12N2O3. The molecular weight excluding hydrogens is 160 g/mol. The number of hydrogen-bond acceptors (Lipinski definition) is 4. The van der Waals surface area contributed by atoms with E-state index in [9.17, 15) is 4.79 Å². The second kappa shape index (κ2) is 5.06. The van der Waals surface area contributed by atoms with Gasteiger partial charge in [0, 0.05) is 0 Å². The molecule has 0 saturated carbocycles. The van der Waals surface area contributed by atoms with E-state index >= 15 is 0 Å². The summed E-state index contributed by atoms with van der Waals surface area (Å²) in [5.74, 6) is -1.05. The standard InChI is InChI=1S/C7H12N2O3/c1-5(7(10)11)12-6(9)3-2-4-8/h2-5H,8-9H2,1H3,(H,10,11)/b4-2-,6-3+. The first-order valence-electron chi connectivity index (χ1n) is 3.31. The Balaban J connectivity index is 3.99. The number of ether oxygens (including phenoxy) is 1. The average Bonchev–Trinajstić information content (AvgIpc) is 2.00. The van der Waals surface area contributed by atoms with Crippen molar-refractivity contribution in [3.63, 3.8) is 0 Å². The number of carboxylic acids is 1. The van der Waals surface area contributed by atoms with Crippen molar-refractivity contribution < 1.29 is 14.6 Å². The van der Waals surface area contributed by atoms with E-state index in [0.717, 1.165) is 0 Å². The Labute approximate surface area is 70.3 Å². The number of allylic oxidation sites excluding steroid dienone is 2. The quantitative estimate of drug-likeness (QED) is 0.401. The zero-order chi connectivity index (χ0) is 9.56. The van der Waals surface area contributed by atoms with Crippen LogP contribution in [0.15, 0.2) is 24.2 Å². The van der Waals surface area contributed by atoms with Crippen LogP contribution in [0, 0.1) is 0 Å². The van der Waals surface area contributed by atoms with E-state index in [1.165, 1.54) is 25.3 Å². The Morgan fingerprint density at radius 1 is 1.67 bits per heavy atom. The first kappa shape index (κ1) is 10.3. The predicted octanol–water partition coefficient (Wildman–Crippen LogP) is -0.251. The van der Waals surface area contributed by atoms with E-state index in [0.29, 0.717) is 0 Å². The largest absolute Gasteiger partial charge is 0.479 e. The van der Waals surface area contributed by atoms with Gasteiger partial charge >= 0.3 is 5.97 Å². The van der Waals surface area contributed by atoms with Gasteiger partial charge in [0.2, 0.25) is 0 Å². The lowest BCUT2D eigenvalue weighted by molar-refractivity contribution is -0.146. The van der Waals surface area contributed by atoms with Crippen LogP contribution >= 0.6 is 0 Å². The van der Waals surface area contributed by atoms with Gasteiger partial charge in [-0.05, 0) is 25.3 Å². The second-order valence-corrected chi connectivity index (χ2v) is 2.05. The number of nitrogens with two attached hydrogens (primary N) is 2. The molecule has 0 aliphatic carbocycles. The molecule has 1 unspecified atom stereocenters. The zero-order valence-corrected chi connectivity index (χ0v) is 6.73. The van der Waals surface area contributed by atoms with Crippen LogP contribution in [0.1, 0.15) is 6.92 Å². The first-order chi connectivity index (χ1) is 5.57. The highest BCUT2D eigenvalue weighted by atomic mass is 16.5. The fourth-order valence-corrected chi connectivity index (χ4v) is 0.444. The van der Waals surface area contributed by atoms with Crippen molar-refractivity contribution in [2.45, 2.75) is 13.0 Å². The van der Waals surface area contributed by atoms with Gasteiger partial charge < -0.3 is 21.3 Å². The number of rotatable bonds is 4. The molecule has 5 N–H and O–H groups in total. The molecule has 0 spiro atoms. The molecule has 0 aromatic heterocycles. The van der Waals surface area contributed by atoms with Crippen molar-refractivity contribution in [1.29, 1.82) is 0 Å². The van der Waals surface area contributed by atoms with E-state index in [1.54, 1.807) is 0 Å². The molecule has 0 aromatic carbocycles. The van der Waals surface area contributed by atoms with Crippen molar-refractivity contribution >= 4 is 5.97 Å². The van der Waals surface area contributed by atoms with Gasteiger partial charge in [-0.1, -0.05) is 0 Å². The molecule has 0 heterocycles. The Morgan fingerprint density at radius 3 is 2.67 bits per heavy atom. The van der Waals surface area contributed by atoms with Crippen molar-refractivity contribution in [1.82, 2.24) is 0 Å². The smallest absolute Gasteiger partial charge is 0.344 e. The summed E-state index contributed by atoms with van der Waals surface area (Å²) in [4.78, 5) is 10.3. The number of hydrogen-bond donors (Lipinski definition) is 3. The van der Waals surface area contributed by atoms with Crippen LogP contribution in [0.2, 0.25) is 0 Å². The number of carboxylic acid groups (broad SMARTS) is 1. The summed E-state index contributed by atoms with van der Waals surface area (Å²) in [6.07, 6.45) is 3.14. The van der Waals surface area contributed by atoms with E-state index in [2.05, 4.69) is 0 Å². The summed E-state index contributed by atoms with van der Waals surface area (Å²) in [7, 11) is 0. The van der Waals surface area contributed by atoms with Crippen LogP contribution in [-0.4, -0.2) is 17.2 Å². The fourth-order valence-electron chi connectivity index (χ4n) is 0.444. The third kappa shape index (κ3) is 4.21. The van der Waals surface area contributed by atoms with E-state index < -0.39 is 12.1 Å². The lowest BCUT2D eigenvalue weighted by Gasteiger charge is -2.08. The number of aliphatic carboxylic acids is 1. The van der Waals surface area contributed by atoms with Crippen molar-refractivity contribution in [2.24, 2.45) is 11.5 Å². The molecule has 68 valence electrons. The van der Waals surface area contributed by atoms with Crippen LogP contribution in [0.3, 0.4) is 0 Å². The first-order valence-corrected chi connectivity index (χ1v) is 3.31. The summed E-state index contributed by atoms with van der Waals surface area (Å²) in [5, 5.41) is 8.41. The van der Waals surface area contributed by atoms with Crippen LogP contribution in [0.5, 0.6) is 0 Å². The monoisotopic (exact) mass is 172 g/mol. The van der Waals surface area contributed by atoms with Crippen LogP contribution in [0.25, 0.3) is 0 Å². The molecule has 0 aliphatic heterocycles. The summed E-state index contributed by atoms with van der Waals surface area (Å²) >= 11 is 0. The van der Waals surface area contributed by atoms with Crippen LogP contribution in [0.4, 0.5) is 0 Å². The normalized spacial score (nSPS) is 14.6. The Hall–Kier alpha value is -1.65. The van der Waals surface area contributed by atoms with Gasteiger partial charge in [0.1, 0.15) is 0 Å². The SMILES string of the molecule is CC(O/C(N)=C/C=C\N)C(=O)O. The molecule has 0 aromatic rings. The van der Waals surface area contributed by atoms with Crippen LogP contribution < -0.4 is 11.5 Å². The molecule has 12 heavy (non-hydrogen) atoms. The van der Waals surface area contributed by atoms with Gasteiger partial charge in [-0.2, -0.15) is 0 Å². The minimum absolute atomic E-state index is 0.0200. The maximum atomic E-state index is 10.3. The Morgan fingerprint density at radius 2 is 2.25 bits per heavy atom. The number of carbonyl (C=O) groups is 1. The van der Waals surface area contributed by atoms with Gasteiger partial charge in [-0.15, -0.1) is 0 Å². The summed E-state index contributed by atoms with van der Waals surface area (Å²) < 4.78 is 4.75. The molecule has 0 fully saturated rings. The minimum atomic E-state index is -1.07. The Kier molecular flexibility index (Phi) is 4.36. The maximum Gasteiger partial charge on any atom is 0.344 e.